The van der Waals surface area contributed by atoms with Crippen LogP contribution in [-0.2, 0) is 6.61 Å². The summed E-state index contributed by atoms with van der Waals surface area (Å²) in [4.78, 5) is 0. The van der Waals surface area contributed by atoms with E-state index in [4.69, 9.17) is 33.7 Å². The number of halogens is 2. The molecule has 0 heterocycles. The molecule has 0 saturated carbocycles. The van der Waals surface area contributed by atoms with E-state index < -0.39 is 0 Å². The molecular formula is C15H15Cl2NO. The summed E-state index contributed by atoms with van der Waals surface area (Å²) in [5.74, 6) is 0.792. The molecule has 2 N–H and O–H groups in total. The molecule has 0 aliphatic heterocycles. The van der Waals surface area contributed by atoms with E-state index in [0.29, 0.717) is 16.7 Å². The van der Waals surface area contributed by atoms with Gasteiger partial charge in [-0.15, -0.1) is 0 Å². The van der Waals surface area contributed by atoms with Crippen LogP contribution in [-0.4, -0.2) is 0 Å². The molecule has 4 heteroatoms. The van der Waals surface area contributed by atoms with E-state index in [2.05, 4.69) is 0 Å². The molecule has 0 unspecified atom stereocenters. The summed E-state index contributed by atoms with van der Waals surface area (Å²) in [6.07, 6.45) is 0. The van der Waals surface area contributed by atoms with Crippen molar-refractivity contribution in [2.24, 2.45) is 5.73 Å². The van der Waals surface area contributed by atoms with Crippen molar-refractivity contribution in [2.75, 3.05) is 0 Å². The van der Waals surface area contributed by atoms with Gasteiger partial charge in [0.25, 0.3) is 0 Å². The van der Waals surface area contributed by atoms with Gasteiger partial charge in [0.15, 0.2) is 0 Å². The normalized spacial score (nSPS) is 12.2. The van der Waals surface area contributed by atoms with Gasteiger partial charge in [-0.05, 0) is 42.3 Å². The van der Waals surface area contributed by atoms with Gasteiger partial charge in [-0.2, -0.15) is 0 Å². The van der Waals surface area contributed by atoms with Crippen molar-refractivity contribution in [1.82, 2.24) is 0 Å². The fourth-order valence-corrected chi connectivity index (χ4v) is 2.00. The minimum absolute atomic E-state index is 0.00599. The average Bonchev–Trinajstić information content (AvgIpc) is 2.40. The standard InChI is InChI=1S/C15H15Cl2NO/c1-10(18)12-3-2-4-13(8-12)19-9-11-5-6-14(16)15(17)7-11/h2-8,10H,9,18H2,1H3/t10-/m1/s1. The maximum absolute atomic E-state index is 5.96. The van der Waals surface area contributed by atoms with Crippen molar-refractivity contribution >= 4 is 23.2 Å². The molecule has 0 bridgehead atoms. The molecular weight excluding hydrogens is 281 g/mol. The van der Waals surface area contributed by atoms with E-state index >= 15 is 0 Å². The smallest absolute Gasteiger partial charge is 0.120 e. The number of nitrogens with two attached hydrogens (primary N) is 1. The second-order valence-electron chi connectivity index (χ2n) is 4.40. The number of ether oxygens (including phenoxy) is 1. The molecule has 2 rings (SSSR count). The molecule has 0 fully saturated rings. The summed E-state index contributed by atoms with van der Waals surface area (Å²) in [6, 6.07) is 13.2. The van der Waals surface area contributed by atoms with Gasteiger partial charge >= 0.3 is 0 Å². The van der Waals surface area contributed by atoms with Crippen LogP contribution >= 0.6 is 23.2 Å². The lowest BCUT2D eigenvalue weighted by atomic mass is 10.1. The zero-order valence-electron chi connectivity index (χ0n) is 10.6. The number of hydrogen-bond acceptors (Lipinski definition) is 2. The van der Waals surface area contributed by atoms with Crippen LogP contribution in [0.15, 0.2) is 42.5 Å². The van der Waals surface area contributed by atoms with Crippen molar-refractivity contribution in [3.8, 4) is 5.75 Å². The third-order valence-corrected chi connectivity index (χ3v) is 3.51. The average molecular weight is 296 g/mol. The highest BCUT2D eigenvalue weighted by molar-refractivity contribution is 6.42. The molecule has 0 aromatic heterocycles. The summed E-state index contributed by atoms with van der Waals surface area (Å²) in [5.41, 5.74) is 7.86. The molecule has 2 aromatic carbocycles. The van der Waals surface area contributed by atoms with Crippen LogP contribution in [0.5, 0.6) is 5.75 Å². The highest BCUT2D eigenvalue weighted by Crippen LogP contribution is 2.24. The van der Waals surface area contributed by atoms with E-state index in [0.717, 1.165) is 16.9 Å². The minimum Gasteiger partial charge on any atom is -0.489 e. The maximum Gasteiger partial charge on any atom is 0.120 e. The molecule has 100 valence electrons. The second-order valence-corrected chi connectivity index (χ2v) is 5.21. The summed E-state index contributed by atoms with van der Waals surface area (Å²) in [7, 11) is 0. The van der Waals surface area contributed by atoms with Crippen molar-refractivity contribution in [2.45, 2.75) is 19.6 Å². The van der Waals surface area contributed by atoms with Crippen molar-refractivity contribution in [3.63, 3.8) is 0 Å². The van der Waals surface area contributed by atoms with Gasteiger partial charge in [0, 0.05) is 6.04 Å². The van der Waals surface area contributed by atoms with Crippen molar-refractivity contribution < 1.29 is 4.74 Å². The van der Waals surface area contributed by atoms with E-state index in [1.54, 1.807) is 12.1 Å². The molecule has 19 heavy (non-hydrogen) atoms. The van der Waals surface area contributed by atoms with Crippen LogP contribution in [0.25, 0.3) is 0 Å². The highest BCUT2D eigenvalue weighted by Gasteiger charge is 2.03. The quantitative estimate of drug-likeness (QED) is 0.895. The molecule has 0 spiro atoms. The van der Waals surface area contributed by atoms with E-state index in [-0.39, 0.29) is 6.04 Å². The van der Waals surface area contributed by atoms with Crippen molar-refractivity contribution in [1.29, 1.82) is 0 Å². The molecule has 2 nitrogen and oxygen atoms in total. The van der Waals surface area contributed by atoms with Gasteiger partial charge in [0.2, 0.25) is 0 Å². The van der Waals surface area contributed by atoms with Crippen LogP contribution < -0.4 is 10.5 Å². The van der Waals surface area contributed by atoms with Crippen LogP contribution in [0.1, 0.15) is 24.1 Å². The van der Waals surface area contributed by atoms with E-state index in [1.807, 2.05) is 37.3 Å². The number of rotatable bonds is 4. The summed E-state index contributed by atoms with van der Waals surface area (Å²) in [6.45, 7) is 2.39. The molecule has 0 radical (unpaired) electrons. The largest absolute Gasteiger partial charge is 0.489 e. The van der Waals surface area contributed by atoms with Crippen molar-refractivity contribution in [3.05, 3.63) is 63.6 Å². The lowest BCUT2D eigenvalue weighted by molar-refractivity contribution is 0.306. The van der Waals surface area contributed by atoms with Crippen LogP contribution in [0.4, 0.5) is 0 Å². The molecule has 0 aliphatic rings. The molecule has 1 atom stereocenters. The van der Waals surface area contributed by atoms with Gasteiger partial charge in [0.1, 0.15) is 12.4 Å². The third kappa shape index (κ3) is 3.87. The first kappa shape index (κ1) is 14.2. The van der Waals surface area contributed by atoms with E-state index in [1.165, 1.54) is 0 Å². The lowest BCUT2D eigenvalue weighted by Crippen LogP contribution is -2.05. The van der Waals surface area contributed by atoms with Crippen LogP contribution in [0, 0.1) is 0 Å². The monoisotopic (exact) mass is 295 g/mol. The molecule has 2 aromatic rings. The highest BCUT2D eigenvalue weighted by atomic mass is 35.5. The fourth-order valence-electron chi connectivity index (χ4n) is 1.68. The van der Waals surface area contributed by atoms with Crippen LogP contribution in [0.2, 0.25) is 10.0 Å². The second kappa shape index (κ2) is 6.29. The first-order valence-electron chi connectivity index (χ1n) is 5.98. The zero-order valence-corrected chi connectivity index (χ0v) is 12.1. The van der Waals surface area contributed by atoms with Gasteiger partial charge in [-0.3, -0.25) is 0 Å². The summed E-state index contributed by atoms with van der Waals surface area (Å²) < 4.78 is 5.72. The summed E-state index contributed by atoms with van der Waals surface area (Å²) in [5, 5.41) is 1.08. The van der Waals surface area contributed by atoms with E-state index in [9.17, 15) is 0 Å². The molecule has 0 aliphatic carbocycles. The van der Waals surface area contributed by atoms with Gasteiger partial charge in [-0.1, -0.05) is 41.4 Å². The maximum atomic E-state index is 5.96. The Bertz CT molecular complexity index is 570. The zero-order chi connectivity index (χ0) is 13.8. The van der Waals surface area contributed by atoms with Gasteiger partial charge < -0.3 is 10.5 Å². The predicted molar refractivity (Wildman–Crippen MR) is 79.8 cm³/mol. The molecule has 0 saturated heterocycles. The predicted octanol–water partition coefficient (Wildman–Crippen LogP) is 4.59. The SMILES string of the molecule is C[C@@H](N)c1cccc(OCc2ccc(Cl)c(Cl)c2)c1. The number of hydrogen-bond donors (Lipinski definition) is 1. The topological polar surface area (TPSA) is 35.2 Å². The Kier molecular flexibility index (Phi) is 4.70. The molecule has 0 amide bonds. The Morgan fingerprint density at radius 3 is 2.58 bits per heavy atom. The minimum atomic E-state index is -0.00599. The van der Waals surface area contributed by atoms with Gasteiger partial charge in [-0.25, -0.2) is 0 Å². The lowest BCUT2D eigenvalue weighted by Gasteiger charge is -2.10. The summed E-state index contributed by atoms with van der Waals surface area (Å²) >= 11 is 11.8. The van der Waals surface area contributed by atoms with Crippen LogP contribution in [0.3, 0.4) is 0 Å². The first-order chi connectivity index (χ1) is 9.06. The Balaban J connectivity index is 2.05. The fraction of sp³-hybridized carbons (Fsp3) is 0.200. The Labute approximate surface area is 123 Å². The Morgan fingerprint density at radius 1 is 1.11 bits per heavy atom. The Morgan fingerprint density at radius 2 is 1.89 bits per heavy atom. The first-order valence-corrected chi connectivity index (χ1v) is 6.74. The third-order valence-electron chi connectivity index (χ3n) is 2.77. The number of benzene rings is 2. The Hall–Kier alpha value is -1.22. The van der Waals surface area contributed by atoms with Gasteiger partial charge in [0.05, 0.1) is 10.0 Å².